The normalized spacial score (nSPS) is 18.6. The summed E-state index contributed by atoms with van der Waals surface area (Å²) >= 11 is 0. The van der Waals surface area contributed by atoms with E-state index in [0.717, 1.165) is 11.6 Å². The van der Waals surface area contributed by atoms with Crippen molar-refractivity contribution in [3.8, 4) is 0 Å². The van der Waals surface area contributed by atoms with Gasteiger partial charge in [-0.3, -0.25) is 4.79 Å². The molecule has 8 heteroatoms. The molecule has 1 aliphatic carbocycles. The molecule has 1 aliphatic rings. The molecule has 3 rings (SSSR count). The van der Waals surface area contributed by atoms with Crippen LogP contribution in [0, 0.1) is 5.92 Å². The highest BCUT2D eigenvalue weighted by atomic mass is 19.4. The molecular formula is C19H18F3N3O2. The highest BCUT2D eigenvalue weighted by molar-refractivity contribution is 5.95. The van der Waals surface area contributed by atoms with E-state index in [1.165, 1.54) is 12.1 Å². The molecule has 1 saturated carbocycles. The molecule has 142 valence electrons. The number of halogens is 3. The Morgan fingerprint density at radius 2 is 1.74 bits per heavy atom. The molecule has 2 aromatic carbocycles. The van der Waals surface area contributed by atoms with Crippen LogP contribution in [0.25, 0.3) is 0 Å². The van der Waals surface area contributed by atoms with Crippen LogP contribution in [0.3, 0.4) is 0 Å². The highest BCUT2D eigenvalue weighted by Gasteiger charge is 2.47. The summed E-state index contributed by atoms with van der Waals surface area (Å²) in [7, 11) is 0. The van der Waals surface area contributed by atoms with Crippen LogP contribution in [-0.2, 0) is 17.5 Å². The molecule has 0 spiro atoms. The summed E-state index contributed by atoms with van der Waals surface area (Å²) in [6, 6.07) is 11.5. The SMILES string of the molecule is NC(=O)NCc1ccc(NC(=O)[C@@H]2C[C@H]2c2ccccc2C(F)(F)F)cc1. The number of nitrogens with two attached hydrogens (primary N) is 1. The number of rotatable bonds is 5. The fourth-order valence-corrected chi connectivity index (χ4v) is 3.04. The number of carbonyl (C=O) groups excluding carboxylic acids is 2. The van der Waals surface area contributed by atoms with E-state index in [0.29, 0.717) is 12.1 Å². The second-order valence-corrected chi connectivity index (χ2v) is 6.44. The number of primary amides is 1. The van der Waals surface area contributed by atoms with Crippen LogP contribution in [0.2, 0.25) is 0 Å². The lowest BCUT2D eigenvalue weighted by atomic mass is 10.0. The van der Waals surface area contributed by atoms with E-state index >= 15 is 0 Å². The van der Waals surface area contributed by atoms with Crippen molar-refractivity contribution < 1.29 is 22.8 Å². The minimum atomic E-state index is -4.44. The van der Waals surface area contributed by atoms with E-state index in [4.69, 9.17) is 5.73 Å². The Labute approximate surface area is 153 Å². The molecule has 2 atom stereocenters. The number of alkyl halides is 3. The van der Waals surface area contributed by atoms with E-state index in [1.807, 2.05) is 0 Å². The average Bonchev–Trinajstić information content (AvgIpc) is 3.41. The molecule has 4 N–H and O–H groups in total. The quantitative estimate of drug-likeness (QED) is 0.744. The minimum absolute atomic E-state index is 0.165. The largest absolute Gasteiger partial charge is 0.416 e. The van der Waals surface area contributed by atoms with Crippen molar-refractivity contribution in [3.05, 3.63) is 65.2 Å². The summed E-state index contributed by atoms with van der Waals surface area (Å²) in [5.41, 5.74) is 5.82. The fourth-order valence-electron chi connectivity index (χ4n) is 3.04. The van der Waals surface area contributed by atoms with Crippen molar-refractivity contribution in [1.29, 1.82) is 0 Å². The minimum Gasteiger partial charge on any atom is -0.352 e. The maximum atomic E-state index is 13.1. The Hall–Kier alpha value is -3.03. The lowest BCUT2D eigenvalue weighted by Gasteiger charge is -2.12. The molecular weight excluding hydrogens is 359 g/mol. The van der Waals surface area contributed by atoms with Gasteiger partial charge in [-0.1, -0.05) is 30.3 Å². The van der Waals surface area contributed by atoms with Crippen molar-refractivity contribution in [1.82, 2.24) is 5.32 Å². The van der Waals surface area contributed by atoms with Crippen LogP contribution in [0.15, 0.2) is 48.5 Å². The van der Waals surface area contributed by atoms with Gasteiger partial charge in [-0.15, -0.1) is 0 Å². The van der Waals surface area contributed by atoms with Gasteiger partial charge in [0.05, 0.1) is 5.56 Å². The van der Waals surface area contributed by atoms with E-state index in [2.05, 4.69) is 10.6 Å². The van der Waals surface area contributed by atoms with Crippen LogP contribution in [0.1, 0.15) is 29.0 Å². The maximum Gasteiger partial charge on any atom is 0.416 e. The molecule has 27 heavy (non-hydrogen) atoms. The predicted molar refractivity (Wildman–Crippen MR) is 93.8 cm³/mol. The molecule has 0 saturated heterocycles. The standard InChI is InChI=1S/C19H18F3N3O2/c20-19(21,22)16-4-2-1-3-13(16)14-9-15(14)17(26)25-12-7-5-11(6-8-12)10-24-18(23)27/h1-8,14-15H,9-10H2,(H,25,26)(H3,23,24,27)/t14-,15+/m0/s1. The summed E-state index contributed by atoms with van der Waals surface area (Å²) in [6.45, 7) is 0.266. The van der Waals surface area contributed by atoms with Crippen molar-refractivity contribution in [3.63, 3.8) is 0 Å². The summed E-state index contributed by atoms with van der Waals surface area (Å²) in [5.74, 6) is -1.22. The number of nitrogens with one attached hydrogen (secondary N) is 2. The Morgan fingerprint density at radius 3 is 2.37 bits per heavy atom. The Kier molecular flexibility index (Phi) is 5.07. The summed E-state index contributed by atoms with van der Waals surface area (Å²) in [5, 5.41) is 5.17. The second kappa shape index (κ2) is 7.30. The Balaban J connectivity index is 1.62. The first-order valence-corrected chi connectivity index (χ1v) is 8.35. The summed E-state index contributed by atoms with van der Waals surface area (Å²) < 4.78 is 39.4. The van der Waals surface area contributed by atoms with Crippen molar-refractivity contribution >= 4 is 17.6 Å². The smallest absolute Gasteiger partial charge is 0.352 e. The molecule has 0 heterocycles. The first-order valence-electron chi connectivity index (χ1n) is 8.35. The Bertz CT molecular complexity index is 850. The van der Waals surface area contributed by atoms with Gasteiger partial charge in [0.2, 0.25) is 5.91 Å². The maximum absolute atomic E-state index is 13.1. The average molecular weight is 377 g/mol. The summed E-state index contributed by atoms with van der Waals surface area (Å²) in [6.07, 6.45) is -4.05. The van der Waals surface area contributed by atoms with Gasteiger partial charge in [0.15, 0.2) is 0 Å². The summed E-state index contributed by atoms with van der Waals surface area (Å²) in [4.78, 5) is 23.0. The van der Waals surface area contributed by atoms with E-state index in [9.17, 15) is 22.8 Å². The van der Waals surface area contributed by atoms with E-state index in [-0.39, 0.29) is 18.0 Å². The molecule has 3 amide bonds. The predicted octanol–water partition coefficient (Wildman–Crippen LogP) is 3.62. The number of benzene rings is 2. The highest BCUT2D eigenvalue weighted by Crippen LogP contribution is 2.51. The van der Waals surface area contributed by atoms with Crippen LogP contribution < -0.4 is 16.4 Å². The number of hydrogen-bond acceptors (Lipinski definition) is 2. The molecule has 1 fully saturated rings. The lowest BCUT2D eigenvalue weighted by molar-refractivity contribution is -0.138. The molecule has 0 unspecified atom stereocenters. The second-order valence-electron chi connectivity index (χ2n) is 6.44. The zero-order valence-corrected chi connectivity index (χ0v) is 14.2. The zero-order chi connectivity index (χ0) is 19.6. The molecule has 2 aromatic rings. The van der Waals surface area contributed by atoms with Crippen LogP contribution in [-0.4, -0.2) is 11.9 Å². The van der Waals surface area contributed by atoms with Crippen molar-refractivity contribution in [2.45, 2.75) is 25.1 Å². The number of urea groups is 1. The number of carbonyl (C=O) groups is 2. The third kappa shape index (κ3) is 4.58. The monoisotopic (exact) mass is 377 g/mol. The first kappa shape index (κ1) is 18.8. The fraction of sp³-hybridized carbons (Fsp3) is 0.263. The van der Waals surface area contributed by atoms with Gasteiger partial charge in [-0.25, -0.2) is 4.79 Å². The number of amides is 3. The van der Waals surface area contributed by atoms with Crippen molar-refractivity contribution in [2.75, 3.05) is 5.32 Å². The van der Waals surface area contributed by atoms with E-state index in [1.54, 1.807) is 30.3 Å². The lowest BCUT2D eigenvalue weighted by Crippen LogP contribution is -2.28. The molecule has 0 bridgehead atoms. The topological polar surface area (TPSA) is 84.2 Å². The van der Waals surface area contributed by atoms with Gasteiger partial charge in [-0.05, 0) is 41.7 Å². The Morgan fingerprint density at radius 1 is 1.07 bits per heavy atom. The number of hydrogen-bond donors (Lipinski definition) is 3. The molecule has 0 aliphatic heterocycles. The van der Waals surface area contributed by atoms with Gasteiger partial charge in [0.25, 0.3) is 0 Å². The third-order valence-corrected chi connectivity index (χ3v) is 4.48. The number of anilines is 1. The molecule has 5 nitrogen and oxygen atoms in total. The molecule has 0 radical (unpaired) electrons. The zero-order valence-electron chi connectivity index (χ0n) is 14.2. The van der Waals surface area contributed by atoms with Crippen molar-refractivity contribution in [2.24, 2.45) is 11.7 Å². The van der Waals surface area contributed by atoms with Crippen LogP contribution in [0.5, 0.6) is 0 Å². The third-order valence-electron chi connectivity index (χ3n) is 4.48. The van der Waals surface area contributed by atoms with Crippen LogP contribution in [0.4, 0.5) is 23.7 Å². The van der Waals surface area contributed by atoms with Gasteiger partial charge in [0, 0.05) is 18.2 Å². The van der Waals surface area contributed by atoms with E-state index < -0.39 is 29.6 Å². The van der Waals surface area contributed by atoms with Gasteiger partial charge in [-0.2, -0.15) is 13.2 Å². The molecule has 0 aromatic heterocycles. The first-order chi connectivity index (χ1) is 12.8. The van der Waals surface area contributed by atoms with Gasteiger partial charge < -0.3 is 16.4 Å². The van der Waals surface area contributed by atoms with Gasteiger partial charge in [0.1, 0.15) is 0 Å². The van der Waals surface area contributed by atoms with Gasteiger partial charge >= 0.3 is 12.2 Å². The van der Waals surface area contributed by atoms with Crippen LogP contribution >= 0.6 is 0 Å².